The van der Waals surface area contributed by atoms with Crippen molar-refractivity contribution in [3.05, 3.63) is 66.2 Å². The van der Waals surface area contributed by atoms with Gasteiger partial charge in [0.15, 0.2) is 5.76 Å². The largest absolute Gasteiger partial charge is 0.459 e. The van der Waals surface area contributed by atoms with Crippen LogP contribution in [-0.4, -0.2) is 47.0 Å². The number of hydrogen-bond acceptors (Lipinski definition) is 4. The summed E-state index contributed by atoms with van der Waals surface area (Å²) in [5.74, 6) is -0.0709. The van der Waals surface area contributed by atoms with Crippen molar-refractivity contribution in [2.45, 2.75) is 19.3 Å². The molecule has 2 aromatic heterocycles. The van der Waals surface area contributed by atoms with Crippen molar-refractivity contribution in [3.8, 4) is 11.3 Å². The van der Waals surface area contributed by atoms with E-state index in [1.807, 2.05) is 36.4 Å². The Balaban J connectivity index is 1.36. The van der Waals surface area contributed by atoms with E-state index in [4.69, 9.17) is 4.42 Å². The van der Waals surface area contributed by atoms with Crippen LogP contribution in [0.25, 0.3) is 11.3 Å². The Hall–Kier alpha value is -3.35. The molecule has 28 heavy (non-hydrogen) atoms. The quantitative estimate of drug-likeness (QED) is 0.597. The first-order chi connectivity index (χ1) is 13.6. The highest BCUT2D eigenvalue weighted by atomic mass is 16.3. The minimum absolute atomic E-state index is 0.00525. The van der Waals surface area contributed by atoms with Gasteiger partial charge in [0.2, 0.25) is 5.91 Å². The number of aromatic nitrogens is 2. The summed E-state index contributed by atoms with van der Waals surface area (Å²) >= 11 is 0. The zero-order valence-corrected chi connectivity index (χ0v) is 15.9. The van der Waals surface area contributed by atoms with Gasteiger partial charge < -0.3 is 14.6 Å². The Morgan fingerprint density at radius 2 is 2.00 bits per heavy atom. The maximum atomic E-state index is 12.2. The lowest BCUT2D eigenvalue weighted by molar-refractivity contribution is -0.129. The second kappa shape index (κ2) is 9.55. The van der Waals surface area contributed by atoms with Crippen molar-refractivity contribution < 1.29 is 14.0 Å². The van der Waals surface area contributed by atoms with Gasteiger partial charge in [0, 0.05) is 37.8 Å². The number of nitrogens with one attached hydrogen (secondary N) is 2. The molecular formula is C21H24N4O3. The van der Waals surface area contributed by atoms with Crippen molar-refractivity contribution in [3.63, 3.8) is 0 Å². The molecule has 2 amide bonds. The first-order valence-corrected chi connectivity index (χ1v) is 9.29. The third-order valence-corrected chi connectivity index (χ3v) is 4.44. The Morgan fingerprint density at radius 1 is 1.18 bits per heavy atom. The fourth-order valence-corrected chi connectivity index (χ4v) is 2.85. The lowest BCUT2D eigenvalue weighted by atomic mass is 10.1. The van der Waals surface area contributed by atoms with Crippen LogP contribution in [0.15, 0.2) is 59.2 Å². The second-order valence-corrected chi connectivity index (χ2v) is 6.55. The summed E-state index contributed by atoms with van der Waals surface area (Å²) in [6.07, 6.45) is 3.34. The lowest BCUT2D eigenvalue weighted by Gasteiger charge is -2.17. The molecule has 0 atom stereocenters. The number of carbonyl (C=O) groups is 2. The van der Waals surface area contributed by atoms with Crippen LogP contribution in [0.2, 0.25) is 0 Å². The van der Waals surface area contributed by atoms with E-state index >= 15 is 0 Å². The van der Waals surface area contributed by atoms with Crippen LogP contribution in [0, 0.1) is 0 Å². The number of aromatic amines is 1. The van der Waals surface area contributed by atoms with Crippen LogP contribution >= 0.6 is 0 Å². The van der Waals surface area contributed by atoms with Gasteiger partial charge in [-0.25, -0.2) is 0 Å². The normalized spacial score (nSPS) is 10.6. The van der Waals surface area contributed by atoms with E-state index in [0.717, 1.165) is 29.8 Å². The minimum Gasteiger partial charge on any atom is -0.459 e. The van der Waals surface area contributed by atoms with Crippen LogP contribution in [0.5, 0.6) is 0 Å². The summed E-state index contributed by atoms with van der Waals surface area (Å²) < 4.78 is 5.01. The molecule has 7 heteroatoms. The molecule has 0 aliphatic rings. The van der Waals surface area contributed by atoms with Gasteiger partial charge in [-0.3, -0.25) is 14.7 Å². The van der Waals surface area contributed by atoms with Gasteiger partial charge in [-0.2, -0.15) is 5.10 Å². The van der Waals surface area contributed by atoms with Crippen LogP contribution < -0.4 is 5.32 Å². The molecule has 0 radical (unpaired) electrons. The lowest BCUT2D eigenvalue weighted by Crippen LogP contribution is -2.32. The number of aryl methyl sites for hydroxylation is 1. The molecule has 3 aromatic rings. The molecule has 0 bridgehead atoms. The number of benzene rings is 1. The van der Waals surface area contributed by atoms with E-state index in [0.29, 0.717) is 6.54 Å². The maximum absolute atomic E-state index is 12.2. The molecule has 0 unspecified atom stereocenters. The molecule has 0 aliphatic heterocycles. The van der Waals surface area contributed by atoms with Gasteiger partial charge in [0.25, 0.3) is 5.91 Å². The summed E-state index contributed by atoms with van der Waals surface area (Å²) in [5, 5.41) is 10.1. The maximum Gasteiger partial charge on any atom is 0.286 e. The number of H-pyrrole nitrogens is 1. The Labute approximate surface area is 163 Å². The SMILES string of the molecule is CN(CCCc1cc(-c2ccccc2)n[nH]1)C(=O)CCNC(=O)c1ccco1. The monoisotopic (exact) mass is 380 g/mol. The van der Waals surface area contributed by atoms with Crippen LogP contribution in [0.4, 0.5) is 0 Å². The fraction of sp³-hybridized carbons (Fsp3) is 0.286. The Bertz CT molecular complexity index is 888. The Kier molecular flexibility index (Phi) is 6.62. The average Bonchev–Trinajstić information content (AvgIpc) is 3.41. The van der Waals surface area contributed by atoms with E-state index < -0.39 is 0 Å². The predicted octanol–water partition coefficient (Wildman–Crippen LogP) is 2.88. The molecule has 2 N–H and O–H groups in total. The summed E-state index contributed by atoms with van der Waals surface area (Å²) in [6, 6.07) is 15.3. The van der Waals surface area contributed by atoms with Crippen molar-refractivity contribution in [2.75, 3.05) is 20.1 Å². The molecule has 2 heterocycles. The van der Waals surface area contributed by atoms with Gasteiger partial charge in [-0.1, -0.05) is 30.3 Å². The summed E-state index contributed by atoms with van der Waals surface area (Å²) in [7, 11) is 1.78. The molecule has 1 aromatic carbocycles. The highest BCUT2D eigenvalue weighted by Crippen LogP contribution is 2.17. The second-order valence-electron chi connectivity index (χ2n) is 6.55. The number of nitrogens with zero attached hydrogens (tertiary/aromatic N) is 2. The molecule has 0 spiro atoms. The third-order valence-electron chi connectivity index (χ3n) is 4.44. The third kappa shape index (κ3) is 5.33. The zero-order chi connectivity index (χ0) is 19.8. The minimum atomic E-state index is -0.311. The fourth-order valence-electron chi connectivity index (χ4n) is 2.85. The van der Waals surface area contributed by atoms with E-state index in [1.54, 1.807) is 24.1 Å². The molecule has 7 nitrogen and oxygen atoms in total. The first-order valence-electron chi connectivity index (χ1n) is 9.29. The Morgan fingerprint density at radius 3 is 2.75 bits per heavy atom. The van der Waals surface area contributed by atoms with Gasteiger partial charge in [-0.05, 0) is 31.0 Å². The number of carbonyl (C=O) groups excluding carboxylic acids is 2. The number of rotatable bonds is 9. The smallest absolute Gasteiger partial charge is 0.286 e. The van der Waals surface area contributed by atoms with E-state index in [9.17, 15) is 9.59 Å². The van der Waals surface area contributed by atoms with E-state index in [2.05, 4.69) is 15.5 Å². The molecule has 0 fully saturated rings. The molecule has 0 saturated carbocycles. The zero-order valence-electron chi connectivity index (χ0n) is 15.9. The van der Waals surface area contributed by atoms with Crippen molar-refractivity contribution in [1.82, 2.24) is 20.4 Å². The van der Waals surface area contributed by atoms with Crippen molar-refractivity contribution >= 4 is 11.8 Å². The standard InChI is InChI=1S/C21H24N4O3/c1-25(20(26)11-12-22-21(27)19-10-6-14-28-19)13-5-9-17-15-18(24-23-17)16-7-3-2-4-8-16/h2-4,6-8,10,14-15H,5,9,11-13H2,1H3,(H,22,27)(H,23,24). The highest BCUT2D eigenvalue weighted by Gasteiger charge is 2.12. The topological polar surface area (TPSA) is 91.2 Å². The van der Waals surface area contributed by atoms with E-state index in [-0.39, 0.29) is 30.5 Å². The van der Waals surface area contributed by atoms with Gasteiger partial charge in [0.05, 0.1) is 12.0 Å². The predicted molar refractivity (Wildman–Crippen MR) is 106 cm³/mol. The van der Waals surface area contributed by atoms with Crippen molar-refractivity contribution in [1.29, 1.82) is 0 Å². The summed E-state index contributed by atoms with van der Waals surface area (Å²) in [5.41, 5.74) is 3.05. The van der Waals surface area contributed by atoms with Crippen LogP contribution in [-0.2, 0) is 11.2 Å². The molecule has 0 saturated heterocycles. The molecule has 146 valence electrons. The van der Waals surface area contributed by atoms with Crippen LogP contribution in [0.1, 0.15) is 29.1 Å². The molecule has 3 rings (SSSR count). The van der Waals surface area contributed by atoms with Crippen molar-refractivity contribution in [2.24, 2.45) is 0 Å². The van der Waals surface area contributed by atoms with E-state index in [1.165, 1.54) is 6.26 Å². The number of hydrogen-bond donors (Lipinski definition) is 2. The number of furan rings is 1. The molecular weight excluding hydrogens is 356 g/mol. The first kappa shape index (κ1) is 19.4. The summed E-state index contributed by atoms with van der Waals surface area (Å²) in [4.78, 5) is 25.6. The molecule has 0 aliphatic carbocycles. The highest BCUT2D eigenvalue weighted by molar-refractivity contribution is 5.91. The van der Waals surface area contributed by atoms with Gasteiger partial charge in [0.1, 0.15) is 0 Å². The summed E-state index contributed by atoms with van der Waals surface area (Å²) in [6.45, 7) is 0.925. The van der Waals surface area contributed by atoms with Crippen LogP contribution in [0.3, 0.4) is 0 Å². The van der Waals surface area contributed by atoms with Gasteiger partial charge >= 0.3 is 0 Å². The average molecular weight is 380 g/mol. The van der Waals surface area contributed by atoms with Gasteiger partial charge in [-0.15, -0.1) is 0 Å². The number of amides is 2.